The average Bonchev–Trinajstić information content (AvgIpc) is 3.38. The van der Waals surface area contributed by atoms with E-state index in [-0.39, 0.29) is 5.91 Å². The molecule has 1 saturated heterocycles. The molecule has 0 unspecified atom stereocenters. The van der Waals surface area contributed by atoms with Gasteiger partial charge in [-0.25, -0.2) is 8.42 Å². The van der Waals surface area contributed by atoms with Gasteiger partial charge in [0.15, 0.2) is 0 Å². The second kappa shape index (κ2) is 5.91. The number of hydrogen-bond acceptors (Lipinski definition) is 3. The number of sulfonamides is 1. The highest BCUT2D eigenvalue weighted by atomic mass is 32.2. The summed E-state index contributed by atoms with van der Waals surface area (Å²) in [4.78, 5) is 15.2. The van der Waals surface area contributed by atoms with Crippen LogP contribution in [-0.2, 0) is 15.6 Å². The fourth-order valence-corrected chi connectivity index (χ4v) is 6.66. The quantitative estimate of drug-likeness (QED) is 0.820. The predicted molar refractivity (Wildman–Crippen MR) is 102 cm³/mol. The van der Waals surface area contributed by atoms with Gasteiger partial charge in [0.05, 0.1) is 10.4 Å². The number of amides is 1. The molecular formula is C21H22N2O3S. The zero-order valence-electron chi connectivity index (χ0n) is 15.0. The minimum absolute atomic E-state index is 0.0272. The van der Waals surface area contributed by atoms with Gasteiger partial charge in [-0.3, -0.25) is 4.79 Å². The van der Waals surface area contributed by atoms with Crippen LogP contribution in [0.4, 0.5) is 0 Å². The summed E-state index contributed by atoms with van der Waals surface area (Å²) in [7, 11) is -3.51. The molecule has 0 N–H and O–H groups in total. The van der Waals surface area contributed by atoms with Crippen molar-refractivity contribution in [2.45, 2.75) is 29.7 Å². The topological polar surface area (TPSA) is 57.7 Å². The van der Waals surface area contributed by atoms with Crippen LogP contribution in [0.15, 0.2) is 59.5 Å². The zero-order chi connectivity index (χ0) is 18.6. The van der Waals surface area contributed by atoms with E-state index in [2.05, 4.69) is 0 Å². The van der Waals surface area contributed by atoms with Gasteiger partial charge in [0.1, 0.15) is 0 Å². The fraction of sp³-hybridized carbons (Fsp3) is 0.381. The van der Waals surface area contributed by atoms with Gasteiger partial charge in [0.25, 0.3) is 5.91 Å². The van der Waals surface area contributed by atoms with E-state index in [4.69, 9.17) is 0 Å². The smallest absolute Gasteiger partial charge is 0.253 e. The lowest BCUT2D eigenvalue weighted by Crippen LogP contribution is -2.47. The molecule has 0 aromatic heterocycles. The Labute approximate surface area is 159 Å². The van der Waals surface area contributed by atoms with E-state index in [0.29, 0.717) is 42.4 Å². The van der Waals surface area contributed by atoms with E-state index in [1.54, 1.807) is 16.4 Å². The van der Waals surface area contributed by atoms with Crippen LogP contribution in [0.3, 0.4) is 0 Å². The van der Waals surface area contributed by atoms with Crippen LogP contribution in [-0.4, -0.2) is 43.2 Å². The van der Waals surface area contributed by atoms with E-state index >= 15 is 0 Å². The van der Waals surface area contributed by atoms with Crippen molar-refractivity contribution in [3.8, 4) is 0 Å². The highest BCUT2D eigenvalue weighted by Crippen LogP contribution is 2.51. The van der Waals surface area contributed by atoms with Crippen LogP contribution in [0.1, 0.15) is 35.2 Å². The first-order chi connectivity index (χ1) is 13.0. The Morgan fingerprint density at radius 1 is 1.04 bits per heavy atom. The van der Waals surface area contributed by atoms with E-state index in [9.17, 15) is 13.2 Å². The Hall–Kier alpha value is -2.18. The molecule has 27 heavy (non-hydrogen) atoms. The molecular weight excluding hydrogens is 360 g/mol. The third-order valence-corrected chi connectivity index (χ3v) is 8.10. The van der Waals surface area contributed by atoms with Crippen LogP contribution < -0.4 is 0 Å². The van der Waals surface area contributed by atoms with Gasteiger partial charge >= 0.3 is 0 Å². The summed E-state index contributed by atoms with van der Waals surface area (Å²) in [6.45, 7) is 1.55. The molecule has 1 spiro atoms. The van der Waals surface area contributed by atoms with Gasteiger partial charge in [-0.2, -0.15) is 4.31 Å². The summed E-state index contributed by atoms with van der Waals surface area (Å²) in [6, 6.07) is 16.5. The Morgan fingerprint density at radius 2 is 1.74 bits per heavy atom. The molecule has 3 aliphatic rings. The van der Waals surface area contributed by atoms with Gasteiger partial charge in [-0.1, -0.05) is 36.4 Å². The summed E-state index contributed by atoms with van der Waals surface area (Å²) in [5.74, 6) is 0.422. The van der Waals surface area contributed by atoms with Crippen LogP contribution in [0, 0.1) is 5.92 Å². The monoisotopic (exact) mass is 382 g/mol. The number of likely N-dealkylation sites (tertiary alicyclic amines) is 1. The van der Waals surface area contributed by atoms with Crippen molar-refractivity contribution >= 4 is 15.9 Å². The highest BCUT2D eigenvalue weighted by molar-refractivity contribution is 7.89. The van der Waals surface area contributed by atoms with Crippen molar-refractivity contribution in [1.82, 2.24) is 9.21 Å². The lowest BCUT2D eigenvalue weighted by Gasteiger charge is -2.34. The van der Waals surface area contributed by atoms with Crippen molar-refractivity contribution in [2.24, 2.45) is 5.92 Å². The SMILES string of the molecule is O=C(c1ccccc1)N1CC[C@]2(C1)c1ccccc1S(=O)(=O)N2CC1CC1. The van der Waals surface area contributed by atoms with Crippen molar-refractivity contribution in [2.75, 3.05) is 19.6 Å². The number of carbonyl (C=O) groups excluding carboxylic acids is 1. The molecule has 5 nitrogen and oxygen atoms in total. The molecule has 6 heteroatoms. The summed E-state index contributed by atoms with van der Waals surface area (Å²) >= 11 is 0. The Balaban J connectivity index is 1.54. The van der Waals surface area contributed by atoms with Crippen molar-refractivity contribution in [3.05, 3.63) is 65.7 Å². The van der Waals surface area contributed by atoms with Crippen LogP contribution in [0.25, 0.3) is 0 Å². The van der Waals surface area contributed by atoms with Crippen molar-refractivity contribution in [3.63, 3.8) is 0 Å². The first-order valence-electron chi connectivity index (χ1n) is 9.49. The van der Waals surface area contributed by atoms with Crippen LogP contribution in [0.5, 0.6) is 0 Å². The molecule has 2 aromatic rings. The van der Waals surface area contributed by atoms with Gasteiger partial charge in [-0.15, -0.1) is 0 Å². The van der Waals surface area contributed by atoms with Crippen molar-refractivity contribution in [1.29, 1.82) is 0 Å². The van der Waals surface area contributed by atoms with Crippen molar-refractivity contribution < 1.29 is 13.2 Å². The number of rotatable bonds is 3. The standard InChI is InChI=1S/C21H22N2O3S/c24-20(17-6-2-1-3-7-17)22-13-12-21(15-22)18-8-4-5-9-19(18)27(25,26)23(21)14-16-10-11-16/h1-9,16H,10-15H2/t21-/m0/s1. The van der Waals surface area contributed by atoms with E-state index in [1.807, 2.05) is 47.4 Å². The lowest BCUT2D eigenvalue weighted by atomic mass is 9.88. The molecule has 1 atom stereocenters. The molecule has 2 aromatic carbocycles. The number of hydrogen-bond donors (Lipinski definition) is 0. The molecule has 0 bridgehead atoms. The van der Waals surface area contributed by atoms with Crippen LogP contribution in [0.2, 0.25) is 0 Å². The molecule has 2 heterocycles. The minimum atomic E-state index is -3.51. The molecule has 1 saturated carbocycles. The highest BCUT2D eigenvalue weighted by Gasteiger charge is 2.58. The molecule has 1 aliphatic carbocycles. The summed E-state index contributed by atoms with van der Waals surface area (Å²) < 4.78 is 28.3. The number of fused-ring (bicyclic) bond motifs is 2. The molecule has 140 valence electrons. The van der Waals surface area contributed by atoms with E-state index in [0.717, 1.165) is 18.4 Å². The second-order valence-electron chi connectivity index (χ2n) is 7.85. The molecule has 2 aliphatic heterocycles. The maximum absolute atomic E-state index is 13.3. The predicted octanol–water partition coefficient (Wildman–Crippen LogP) is 2.84. The summed E-state index contributed by atoms with van der Waals surface area (Å²) in [6.07, 6.45) is 2.82. The number of nitrogens with zero attached hydrogens (tertiary/aromatic N) is 2. The molecule has 1 amide bonds. The first kappa shape index (κ1) is 17.0. The Kier molecular flexibility index (Phi) is 3.71. The Morgan fingerprint density at radius 3 is 2.48 bits per heavy atom. The number of carbonyl (C=O) groups is 1. The second-order valence-corrected chi connectivity index (χ2v) is 9.68. The molecule has 0 radical (unpaired) electrons. The minimum Gasteiger partial charge on any atom is -0.336 e. The first-order valence-corrected chi connectivity index (χ1v) is 10.9. The van der Waals surface area contributed by atoms with Gasteiger partial charge in [0.2, 0.25) is 10.0 Å². The maximum Gasteiger partial charge on any atom is 0.253 e. The number of benzene rings is 2. The summed E-state index contributed by atoms with van der Waals surface area (Å²) in [5.41, 5.74) is 0.883. The fourth-order valence-electron chi connectivity index (χ4n) is 4.52. The van der Waals surface area contributed by atoms with Gasteiger partial charge in [-0.05, 0) is 48.9 Å². The van der Waals surface area contributed by atoms with E-state index < -0.39 is 15.6 Å². The van der Waals surface area contributed by atoms with Gasteiger partial charge < -0.3 is 4.90 Å². The van der Waals surface area contributed by atoms with Crippen LogP contribution >= 0.6 is 0 Å². The average molecular weight is 382 g/mol. The van der Waals surface area contributed by atoms with Gasteiger partial charge in [0, 0.05) is 25.2 Å². The maximum atomic E-state index is 13.3. The zero-order valence-corrected chi connectivity index (χ0v) is 15.9. The third kappa shape index (κ3) is 2.54. The third-order valence-electron chi connectivity index (χ3n) is 6.11. The van der Waals surface area contributed by atoms with E-state index in [1.165, 1.54) is 0 Å². The molecule has 2 fully saturated rings. The summed E-state index contributed by atoms with van der Waals surface area (Å²) in [5, 5.41) is 0. The lowest BCUT2D eigenvalue weighted by molar-refractivity contribution is 0.0763. The molecule has 5 rings (SSSR count). The largest absolute Gasteiger partial charge is 0.336 e. The normalized spacial score (nSPS) is 26.4. The Bertz CT molecular complexity index is 1000.